The fourth-order valence-corrected chi connectivity index (χ4v) is 2.58. The molecule has 0 aromatic carbocycles. The van der Waals surface area contributed by atoms with E-state index in [0.717, 1.165) is 0 Å². The second-order valence-corrected chi connectivity index (χ2v) is 6.71. The van der Waals surface area contributed by atoms with Gasteiger partial charge in [-0.3, -0.25) is 14.6 Å². The Bertz CT molecular complexity index is 868. The summed E-state index contributed by atoms with van der Waals surface area (Å²) in [6.07, 6.45) is -3.75. The van der Waals surface area contributed by atoms with Crippen LogP contribution in [0.15, 0.2) is 30.5 Å². The van der Waals surface area contributed by atoms with Crippen LogP contribution < -0.4 is 10.1 Å². The largest absolute Gasteiger partial charge is 0.477 e. The van der Waals surface area contributed by atoms with Gasteiger partial charge in [-0.1, -0.05) is 6.07 Å². The van der Waals surface area contributed by atoms with Crippen molar-refractivity contribution in [3.05, 3.63) is 53.0 Å². The van der Waals surface area contributed by atoms with Crippen molar-refractivity contribution < 1.29 is 27.5 Å². The number of hydrogen-bond acceptors (Lipinski definition) is 5. The van der Waals surface area contributed by atoms with E-state index in [2.05, 4.69) is 15.3 Å². The maximum absolute atomic E-state index is 12.5. The van der Waals surface area contributed by atoms with Crippen molar-refractivity contribution in [2.45, 2.75) is 45.8 Å². The van der Waals surface area contributed by atoms with E-state index >= 15 is 0 Å². The molecular weight excluding hydrogens is 387 g/mol. The molecule has 1 amide bonds. The Morgan fingerprint density at radius 1 is 1.24 bits per heavy atom. The summed E-state index contributed by atoms with van der Waals surface area (Å²) < 4.78 is 41.4. The van der Waals surface area contributed by atoms with Gasteiger partial charge in [0.15, 0.2) is 0 Å². The number of amides is 1. The number of nitrogens with one attached hydrogen (secondary N) is 1. The number of hydrogen-bond donors (Lipinski definition) is 1. The highest BCUT2D eigenvalue weighted by molar-refractivity contribution is 5.94. The number of rotatable bonds is 8. The Hall–Kier alpha value is -2.97. The van der Waals surface area contributed by atoms with E-state index in [1.807, 2.05) is 0 Å². The molecule has 0 aliphatic rings. The summed E-state index contributed by atoms with van der Waals surface area (Å²) in [4.78, 5) is 32.1. The molecule has 0 aliphatic heterocycles. The molecule has 156 valence electrons. The molecule has 0 saturated heterocycles. The molecule has 0 fully saturated rings. The van der Waals surface area contributed by atoms with Crippen molar-refractivity contribution in [2.24, 2.45) is 0 Å². The second kappa shape index (κ2) is 9.49. The number of carbonyl (C=O) groups excluding carboxylic acids is 2. The van der Waals surface area contributed by atoms with Crippen LogP contribution in [0, 0.1) is 6.92 Å². The minimum atomic E-state index is -4.28. The maximum Gasteiger partial charge on any atom is 0.392 e. The van der Waals surface area contributed by atoms with Gasteiger partial charge in [-0.25, -0.2) is 4.98 Å². The van der Waals surface area contributed by atoms with E-state index in [1.54, 1.807) is 32.0 Å². The van der Waals surface area contributed by atoms with Gasteiger partial charge in [0.1, 0.15) is 5.78 Å². The van der Waals surface area contributed by atoms with E-state index in [-0.39, 0.29) is 24.0 Å². The summed E-state index contributed by atoms with van der Waals surface area (Å²) in [6.45, 7) is 4.44. The average molecular weight is 409 g/mol. The molecule has 1 unspecified atom stereocenters. The zero-order chi connectivity index (χ0) is 21.6. The molecule has 9 heteroatoms. The Morgan fingerprint density at radius 3 is 2.55 bits per heavy atom. The highest BCUT2D eigenvalue weighted by Crippen LogP contribution is 2.20. The number of Topliss-reactive ketones (excluding diaryl/α,β-unsaturated/α-hetero) is 1. The van der Waals surface area contributed by atoms with E-state index in [0.29, 0.717) is 22.5 Å². The molecule has 0 radical (unpaired) electrons. The second-order valence-electron chi connectivity index (χ2n) is 6.71. The van der Waals surface area contributed by atoms with Crippen LogP contribution in [0.3, 0.4) is 0 Å². The van der Waals surface area contributed by atoms with Crippen LogP contribution in [0.25, 0.3) is 0 Å². The summed E-state index contributed by atoms with van der Waals surface area (Å²) in [5, 5.41) is 2.82. The molecule has 2 rings (SSSR count). The van der Waals surface area contributed by atoms with E-state index < -0.39 is 25.2 Å². The van der Waals surface area contributed by atoms with Crippen LogP contribution in [-0.4, -0.2) is 34.4 Å². The smallest absolute Gasteiger partial charge is 0.392 e. The van der Waals surface area contributed by atoms with E-state index in [9.17, 15) is 22.8 Å². The van der Waals surface area contributed by atoms with Crippen molar-refractivity contribution in [3.8, 4) is 5.88 Å². The first-order chi connectivity index (χ1) is 13.5. The Morgan fingerprint density at radius 2 is 1.97 bits per heavy atom. The molecule has 0 saturated carbocycles. The molecule has 0 spiro atoms. The predicted molar refractivity (Wildman–Crippen MR) is 99.6 cm³/mol. The average Bonchev–Trinajstić information content (AvgIpc) is 2.60. The Balaban J connectivity index is 1.99. The Kier molecular flexibility index (Phi) is 7.30. The van der Waals surface area contributed by atoms with Gasteiger partial charge in [-0.05, 0) is 38.5 Å². The van der Waals surface area contributed by atoms with Gasteiger partial charge < -0.3 is 10.1 Å². The topological polar surface area (TPSA) is 81.2 Å². The zero-order valence-electron chi connectivity index (χ0n) is 16.3. The number of alkyl halides is 3. The lowest BCUT2D eigenvalue weighted by molar-refractivity contribution is -0.139. The number of halogens is 3. The summed E-state index contributed by atoms with van der Waals surface area (Å²) in [7, 11) is 0. The molecule has 2 aromatic heterocycles. The number of aryl methyl sites for hydroxylation is 1. The van der Waals surface area contributed by atoms with Crippen LogP contribution in [0.2, 0.25) is 0 Å². The summed E-state index contributed by atoms with van der Waals surface area (Å²) >= 11 is 0. The molecule has 29 heavy (non-hydrogen) atoms. The highest BCUT2D eigenvalue weighted by Gasteiger charge is 2.26. The first-order valence-electron chi connectivity index (χ1n) is 8.97. The molecule has 1 N–H and O–H groups in total. The van der Waals surface area contributed by atoms with Gasteiger partial charge in [0.25, 0.3) is 5.91 Å². The van der Waals surface area contributed by atoms with Crippen molar-refractivity contribution in [1.82, 2.24) is 15.3 Å². The minimum absolute atomic E-state index is 0.0496. The fourth-order valence-electron chi connectivity index (χ4n) is 2.58. The number of pyridine rings is 2. The van der Waals surface area contributed by atoms with Crippen LogP contribution in [0.5, 0.6) is 5.88 Å². The number of carbonyl (C=O) groups is 2. The van der Waals surface area contributed by atoms with Crippen molar-refractivity contribution >= 4 is 11.7 Å². The van der Waals surface area contributed by atoms with Crippen molar-refractivity contribution in [3.63, 3.8) is 0 Å². The Labute approximate surface area is 166 Å². The highest BCUT2D eigenvalue weighted by atomic mass is 19.4. The molecule has 6 nitrogen and oxygen atoms in total. The molecular formula is C20H22F3N3O3. The summed E-state index contributed by atoms with van der Waals surface area (Å²) in [5.41, 5.74) is 2.21. The van der Waals surface area contributed by atoms with Crippen LogP contribution in [-0.2, 0) is 11.2 Å². The van der Waals surface area contributed by atoms with Crippen LogP contribution >= 0.6 is 0 Å². The summed E-state index contributed by atoms with van der Waals surface area (Å²) in [5.74, 6) is -0.306. The van der Waals surface area contributed by atoms with Gasteiger partial charge in [-0.15, -0.1) is 0 Å². The minimum Gasteiger partial charge on any atom is -0.477 e. The predicted octanol–water partition coefficient (Wildman–Crippen LogP) is 3.74. The number of nitrogens with zero attached hydrogens (tertiary/aromatic N) is 2. The van der Waals surface area contributed by atoms with Gasteiger partial charge in [0.05, 0.1) is 19.1 Å². The molecule has 1 atom stereocenters. The molecule has 2 aromatic rings. The van der Waals surface area contributed by atoms with Gasteiger partial charge in [0.2, 0.25) is 5.88 Å². The van der Waals surface area contributed by atoms with Crippen LogP contribution in [0.4, 0.5) is 13.2 Å². The third kappa shape index (κ3) is 7.52. The third-order valence-corrected chi connectivity index (χ3v) is 3.94. The van der Waals surface area contributed by atoms with Gasteiger partial charge in [-0.2, -0.15) is 13.2 Å². The first-order valence-corrected chi connectivity index (χ1v) is 8.97. The van der Waals surface area contributed by atoms with E-state index in [1.165, 1.54) is 19.2 Å². The normalized spacial score (nSPS) is 12.3. The molecule has 0 bridgehead atoms. The number of aromatic nitrogens is 2. The van der Waals surface area contributed by atoms with Crippen LogP contribution in [0.1, 0.15) is 53.6 Å². The van der Waals surface area contributed by atoms with Gasteiger partial charge >= 0.3 is 6.18 Å². The monoisotopic (exact) mass is 409 g/mol. The van der Waals surface area contributed by atoms with Crippen molar-refractivity contribution in [1.29, 1.82) is 0 Å². The van der Waals surface area contributed by atoms with Crippen molar-refractivity contribution in [2.75, 3.05) is 6.61 Å². The number of ketones is 1. The van der Waals surface area contributed by atoms with E-state index in [4.69, 9.17) is 4.74 Å². The third-order valence-electron chi connectivity index (χ3n) is 3.94. The lowest BCUT2D eigenvalue weighted by atomic mass is 10.1. The van der Waals surface area contributed by atoms with Gasteiger partial charge in [0, 0.05) is 35.6 Å². The summed E-state index contributed by atoms with van der Waals surface area (Å²) in [6, 6.07) is 5.88. The fraction of sp³-hybridized carbons (Fsp3) is 0.400. The lowest BCUT2D eigenvalue weighted by Crippen LogP contribution is -2.27. The standard InChI is InChI=1S/C20H22F3N3O3/c1-12-8-16(10-17(25-12)9-13(2)27)19(28)26-14(3)15-4-5-18(24-11-15)29-7-6-20(21,22)23/h4-5,8,10-11,14H,6-7,9H2,1-3H3,(H,26,28). The SMILES string of the molecule is CC(=O)Cc1cc(C(=O)NC(C)c2ccc(OCCC(F)(F)F)nc2)cc(C)n1. The lowest BCUT2D eigenvalue weighted by Gasteiger charge is -2.15. The zero-order valence-corrected chi connectivity index (χ0v) is 16.3. The maximum atomic E-state index is 12.5. The quantitative estimate of drug-likeness (QED) is 0.718. The molecule has 2 heterocycles. The number of ether oxygens (including phenoxy) is 1. The first kappa shape index (κ1) is 22.3. The molecule has 0 aliphatic carbocycles.